The molecule has 0 bridgehead atoms. The number of nitrogens with two attached hydrogens (primary N) is 1. The van der Waals surface area contributed by atoms with E-state index in [4.69, 9.17) is 43.6 Å². The van der Waals surface area contributed by atoms with Crippen LogP contribution in [0.1, 0.15) is 37.1 Å². The standard InChI is InChI=1S/C32H33ClN8O4/c1-2-19-8-10-21(11-9-19)17-41-26-25(24-15-22(33)16-36-30(24)42)37-29(27(34)45-31(35)43)38-28(26)39-32(41)40-12-13-44-18-23(40)14-20-6-4-3-5-7-20/h1,3-7,15-16,19,21,23,34H,8-14,17-18H2,(H2,35,43)(H,36,42). The summed E-state index contributed by atoms with van der Waals surface area (Å²) in [7, 11) is 0. The Morgan fingerprint density at radius 1 is 1.20 bits per heavy atom. The molecule has 4 N–H and O–H groups in total. The minimum absolute atomic E-state index is 0.0316. The van der Waals surface area contributed by atoms with Gasteiger partial charge in [0.1, 0.15) is 11.2 Å². The first-order valence-electron chi connectivity index (χ1n) is 14.9. The number of carbonyl (C=O) groups is 1. The van der Waals surface area contributed by atoms with Crippen molar-refractivity contribution >= 4 is 40.7 Å². The lowest BCUT2D eigenvalue weighted by atomic mass is 9.82. The molecule has 0 radical (unpaired) electrons. The second-order valence-corrected chi connectivity index (χ2v) is 11.8. The largest absolute Gasteiger partial charge is 0.411 e. The molecule has 1 aromatic carbocycles. The van der Waals surface area contributed by atoms with Gasteiger partial charge in [0.05, 0.1) is 29.8 Å². The zero-order valence-electron chi connectivity index (χ0n) is 24.5. The number of hydrogen-bond donors (Lipinski definition) is 3. The van der Waals surface area contributed by atoms with Crippen molar-refractivity contribution in [2.75, 3.05) is 24.7 Å². The van der Waals surface area contributed by atoms with Crippen molar-refractivity contribution in [3.8, 4) is 23.6 Å². The summed E-state index contributed by atoms with van der Waals surface area (Å²) in [6.45, 7) is 2.18. The number of anilines is 1. The van der Waals surface area contributed by atoms with Crippen LogP contribution < -0.4 is 16.2 Å². The van der Waals surface area contributed by atoms with Crippen molar-refractivity contribution in [2.45, 2.75) is 44.7 Å². The van der Waals surface area contributed by atoms with Gasteiger partial charge in [0.2, 0.25) is 11.8 Å². The van der Waals surface area contributed by atoms with Gasteiger partial charge in [-0.25, -0.2) is 14.8 Å². The van der Waals surface area contributed by atoms with Gasteiger partial charge in [-0.3, -0.25) is 10.2 Å². The maximum absolute atomic E-state index is 13.2. The Kier molecular flexibility index (Phi) is 8.82. The summed E-state index contributed by atoms with van der Waals surface area (Å²) in [4.78, 5) is 43.7. The number of carbonyl (C=O) groups excluding carboxylic acids is 1. The summed E-state index contributed by atoms with van der Waals surface area (Å²) in [5, 5.41) is 8.60. The number of benzene rings is 1. The van der Waals surface area contributed by atoms with Gasteiger partial charge < -0.3 is 29.7 Å². The van der Waals surface area contributed by atoms with E-state index in [1.807, 2.05) is 18.2 Å². The van der Waals surface area contributed by atoms with E-state index in [-0.39, 0.29) is 39.7 Å². The van der Waals surface area contributed by atoms with Crippen LogP contribution in [0.4, 0.5) is 10.7 Å². The summed E-state index contributed by atoms with van der Waals surface area (Å²) in [5.74, 6) is 3.20. The van der Waals surface area contributed by atoms with Crippen molar-refractivity contribution in [3.63, 3.8) is 0 Å². The number of fused-ring (bicyclic) bond motifs is 1. The number of imidazole rings is 1. The lowest BCUT2D eigenvalue weighted by Gasteiger charge is -2.37. The average Bonchev–Trinajstić information content (AvgIpc) is 3.40. The summed E-state index contributed by atoms with van der Waals surface area (Å²) in [5.41, 5.74) is 7.03. The third kappa shape index (κ3) is 6.55. The van der Waals surface area contributed by atoms with E-state index in [0.29, 0.717) is 43.7 Å². The van der Waals surface area contributed by atoms with Gasteiger partial charge in [-0.2, -0.15) is 4.98 Å². The minimum atomic E-state index is -1.18. The van der Waals surface area contributed by atoms with E-state index in [1.165, 1.54) is 17.8 Å². The van der Waals surface area contributed by atoms with Crippen molar-refractivity contribution in [1.82, 2.24) is 24.5 Å². The number of aromatic nitrogens is 5. The summed E-state index contributed by atoms with van der Waals surface area (Å²) in [6, 6.07) is 11.7. The van der Waals surface area contributed by atoms with Gasteiger partial charge >= 0.3 is 6.09 Å². The molecule has 1 aliphatic carbocycles. The normalized spacial score (nSPS) is 20.1. The number of rotatable bonds is 7. The fourth-order valence-electron chi connectivity index (χ4n) is 6.23. The Labute approximate surface area is 264 Å². The predicted octanol–water partition coefficient (Wildman–Crippen LogP) is 4.14. The number of aromatic amines is 1. The van der Waals surface area contributed by atoms with Crippen molar-refractivity contribution < 1.29 is 14.3 Å². The molecule has 232 valence electrons. The van der Waals surface area contributed by atoms with Crippen LogP contribution in [0.15, 0.2) is 47.4 Å². The first kappa shape index (κ1) is 30.3. The SMILES string of the molecule is C#CC1CCC(Cn2c(N3CCOCC3Cc3ccccc3)nc3nc(C(=N)OC(N)=O)nc(-c4cc(Cl)c[nH]c4=O)c32)CC1. The highest BCUT2D eigenvalue weighted by atomic mass is 35.5. The van der Waals surface area contributed by atoms with E-state index in [9.17, 15) is 9.59 Å². The van der Waals surface area contributed by atoms with Crippen molar-refractivity contribution in [1.29, 1.82) is 5.41 Å². The summed E-state index contributed by atoms with van der Waals surface area (Å²) < 4.78 is 12.8. The van der Waals surface area contributed by atoms with Crippen LogP contribution in [-0.2, 0) is 22.4 Å². The molecule has 1 atom stereocenters. The van der Waals surface area contributed by atoms with Gasteiger partial charge in [-0.05, 0) is 49.7 Å². The highest BCUT2D eigenvalue weighted by Gasteiger charge is 2.32. The molecule has 4 aromatic rings. The first-order chi connectivity index (χ1) is 21.8. The van der Waals surface area contributed by atoms with Crippen LogP contribution in [-0.4, -0.2) is 62.3 Å². The number of hydrogen-bond acceptors (Lipinski definition) is 9. The Morgan fingerprint density at radius 3 is 2.71 bits per heavy atom. The molecule has 6 rings (SSSR count). The van der Waals surface area contributed by atoms with E-state index in [2.05, 4.69) is 42.5 Å². The molecule has 1 aliphatic heterocycles. The first-order valence-corrected chi connectivity index (χ1v) is 15.3. The molecule has 1 amide bonds. The fraction of sp³-hybridized carbons (Fsp3) is 0.375. The third-order valence-corrected chi connectivity index (χ3v) is 8.65. The minimum Gasteiger partial charge on any atom is -0.388 e. The Balaban J connectivity index is 1.54. The number of pyridine rings is 1. The number of terminal acetylenes is 1. The zero-order chi connectivity index (χ0) is 31.5. The van der Waals surface area contributed by atoms with Crippen LogP contribution in [0, 0.1) is 29.6 Å². The molecule has 1 saturated heterocycles. The predicted molar refractivity (Wildman–Crippen MR) is 170 cm³/mol. The van der Waals surface area contributed by atoms with Gasteiger partial charge in [0, 0.05) is 25.2 Å². The lowest BCUT2D eigenvalue weighted by Crippen LogP contribution is -2.48. The van der Waals surface area contributed by atoms with Gasteiger partial charge in [-0.15, -0.1) is 12.3 Å². The third-order valence-electron chi connectivity index (χ3n) is 8.43. The van der Waals surface area contributed by atoms with E-state index in [1.54, 1.807) is 0 Å². The summed E-state index contributed by atoms with van der Waals surface area (Å²) >= 11 is 6.33. The van der Waals surface area contributed by atoms with Crippen LogP contribution >= 0.6 is 11.6 Å². The number of ether oxygens (including phenoxy) is 2. The number of H-pyrrole nitrogens is 1. The van der Waals surface area contributed by atoms with E-state index in [0.717, 1.165) is 32.1 Å². The smallest absolute Gasteiger partial charge is 0.388 e. The molecule has 1 saturated carbocycles. The molecule has 3 aromatic heterocycles. The maximum atomic E-state index is 13.2. The Bertz CT molecular complexity index is 1820. The Hall–Kier alpha value is -4.73. The van der Waals surface area contributed by atoms with Gasteiger partial charge in [0.25, 0.3) is 11.5 Å². The average molecular weight is 629 g/mol. The monoisotopic (exact) mass is 628 g/mol. The van der Waals surface area contributed by atoms with Crippen molar-refractivity contribution in [3.05, 3.63) is 69.4 Å². The summed E-state index contributed by atoms with van der Waals surface area (Å²) in [6.07, 6.45) is 10.4. The highest BCUT2D eigenvalue weighted by Crippen LogP contribution is 2.36. The number of halogens is 1. The number of nitrogens with zero attached hydrogens (tertiary/aromatic N) is 5. The lowest BCUT2D eigenvalue weighted by molar-refractivity contribution is 0.0927. The van der Waals surface area contributed by atoms with E-state index >= 15 is 0 Å². The second kappa shape index (κ2) is 13.1. The van der Waals surface area contributed by atoms with E-state index < -0.39 is 17.6 Å². The fourth-order valence-corrected chi connectivity index (χ4v) is 6.39. The molecule has 2 fully saturated rings. The molecular formula is C32H33ClN8O4. The molecule has 12 nitrogen and oxygen atoms in total. The molecule has 2 aliphatic rings. The second-order valence-electron chi connectivity index (χ2n) is 11.4. The Morgan fingerprint density at radius 2 is 1.98 bits per heavy atom. The van der Waals surface area contributed by atoms with Crippen LogP contribution in [0.2, 0.25) is 5.02 Å². The highest BCUT2D eigenvalue weighted by molar-refractivity contribution is 6.30. The number of primary amides is 1. The topological polar surface area (TPSA) is 165 Å². The molecular weight excluding hydrogens is 596 g/mol. The van der Waals surface area contributed by atoms with Gasteiger partial charge in [0.15, 0.2) is 5.65 Å². The molecule has 45 heavy (non-hydrogen) atoms. The van der Waals surface area contributed by atoms with Crippen molar-refractivity contribution in [2.24, 2.45) is 17.6 Å². The number of morpholine rings is 1. The molecule has 0 spiro atoms. The molecule has 13 heteroatoms. The van der Waals surface area contributed by atoms with Crippen LogP contribution in [0.3, 0.4) is 0 Å². The molecule has 1 unspecified atom stereocenters. The number of amides is 1. The quantitative estimate of drug-likeness (QED) is 0.156. The zero-order valence-corrected chi connectivity index (χ0v) is 25.3. The maximum Gasteiger partial charge on any atom is 0.411 e. The molecule has 4 heterocycles. The number of nitrogens with one attached hydrogen (secondary N) is 2. The van der Waals surface area contributed by atoms with Crippen LogP contribution in [0.25, 0.3) is 22.4 Å². The van der Waals surface area contributed by atoms with Crippen LogP contribution in [0.5, 0.6) is 0 Å². The van der Waals surface area contributed by atoms with Gasteiger partial charge in [-0.1, -0.05) is 41.9 Å².